The molecule has 0 bridgehead atoms. The van der Waals surface area contributed by atoms with Gasteiger partial charge in [-0.05, 0) is 32.1 Å². The molecule has 5 heteroatoms. The molecule has 0 aromatic carbocycles. The molecule has 110 valence electrons. The molecule has 1 aliphatic carbocycles. The molecule has 1 unspecified atom stereocenters. The van der Waals surface area contributed by atoms with Crippen LogP contribution in [0.25, 0.3) is 0 Å². The molecule has 5 nitrogen and oxygen atoms in total. The van der Waals surface area contributed by atoms with E-state index in [1.165, 1.54) is 4.90 Å². The van der Waals surface area contributed by atoms with Crippen molar-refractivity contribution in [1.29, 1.82) is 0 Å². The Balaban J connectivity index is 2.26. The predicted octanol–water partition coefficient (Wildman–Crippen LogP) is 1.90. The van der Waals surface area contributed by atoms with Crippen molar-refractivity contribution in [2.45, 2.75) is 58.6 Å². The molecule has 1 saturated carbocycles. The average Bonchev–Trinajstić information content (AvgIpc) is 3.08. The second-order valence-electron chi connectivity index (χ2n) is 5.71. The van der Waals surface area contributed by atoms with Gasteiger partial charge in [-0.3, -0.25) is 9.59 Å². The third-order valence-corrected chi connectivity index (χ3v) is 3.14. The van der Waals surface area contributed by atoms with Crippen LogP contribution in [-0.4, -0.2) is 47.2 Å². The van der Waals surface area contributed by atoms with Crippen LogP contribution in [0.2, 0.25) is 0 Å². The number of carboxylic acids is 1. The predicted molar refractivity (Wildman–Crippen MR) is 71.9 cm³/mol. The summed E-state index contributed by atoms with van der Waals surface area (Å²) in [4.78, 5) is 24.1. The zero-order valence-corrected chi connectivity index (χ0v) is 12.1. The van der Waals surface area contributed by atoms with Crippen LogP contribution in [0.4, 0.5) is 0 Å². The lowest BCUT2D eigenvalue weighted by atomic mass is 10.1. The third-order valence-electron chi connectivity index (χ3n) is 3.14. The maximum absolute atomic E-state index is 11.9. The number of carbonyl (C=O) groups is 2. The summed E-state index contributed by atoms with van der Waals surface area (Å²) in [5, 5.41) is 8.80. The number of carboxylic acid groups (broad SMARTS) is 1. The van der Waals surface area contributed by atoms with E-state index in [2.05, 4.69) is 13.8 Å². The van der Waals surface area contributed by atoms with E-state index in [0.29, 0.717) is 12.5 Å². The van der Waals surface area contributed by atoms with Crippen LogP contribution in [0.5, 0.6) is 0 Å². The van der Waals surface area contributed by atoms with Crippen molar-refractivity contribution < 1.29 is 19.4 Å². The number of rotatable bonds is 9. The highest BCUT2D eigenvalue weighted by atomic mass is 16.5. The van der Waals surface area contributed by atoms with Crippen molar-refractivity contribution in [2.75, 3.05) is 13.2 Å². The summed E-state index contributed by atoms with van der Waals surface area (Å²) in [5.41, 5.74) is 0. The van der Waals surface area contributed by atoms with Crippen molar-refractivity contribution in [2.24, 2.45) is 5.92 Å². The van der Waals surface area contributed by atoms with Crippen LogP contribution in [0.15, 0.2) is 0 Å². The molecule has 0 spiro atoms. The lowest BCUT2D eigenvalue weighted by molar-refractivity contribution is -0.145. The number of hydrogen-bond acceptors (Lipinski definition) is 3. The van der Waals surface area contributed by atoms with Gasteiger partial charge >= 0.3 is 5.97 Å². The summed E-state index contributed by atoms with van der Waals surface area (Å²) in [6.45, 7) is 6.44. The van der Waals surface area contributed by atoms with Gasteiger partial charge in [0.2, 0.25) is 5.91 Å². The first-order valence-corrected chi connectivity index (χ1v) is 7.03. The fourth-order valence-corrected chi connectivity index (χ4v) is 2.18. The van der Waals surface area contributed by atoms with Crippen molar-refractivity contribution in [3.63, 3.8) is 0 Å². The molecular formula is C14H25NO4. The summed E-state index contributed by atoms with van der Waals surface area (Å²) in [5.74, 6) is -0.489. The van der Waals surface area contributed by atoms with Gasteiger partial charge in [0.25, 0.3) is 0 Å². The molecule has 0 aliphatic heterocycles. The number of ether oxygens (including phenoxy) is 1. The molecule has 0 aromatic heterocycles. The molecule has 1 atom stereocenters. The Bertz CT molecular complexity index is 313. The number of carbonyl (C=O) groups excluding carboxylic acids is 1. The van der Waals surface area contributed by atoms with E-state index in [4.69, 9.17) is 9.84 Å². The minimum Gasteiger partial charge on any atom is -0.480 e. The molecule has 19 heavy (non-hydrogen) atoms. The minimum absolute atomic E-state index is 0.110. The monoisotopic (exact) mass is 271 g/mol. The highest BCUT2D eigenvalue weighted by Crippen LogP contribution is 2.27. The molecule has 0 aromatic rings. The highest BCUT2D eigenvalue weighted by molar-refractivity contribution is 5.82. The van der Waals surface area contributed by atoms with Gasteiger partial charge in [-0.2, -0.15) is 0 Å². The van der Waals surface area contributed by atoms with E-state index in [-0.39, 0.29) is 31.0 Å². The second kappa shape index (κ2) is 7.48. The lowest BCUT2D eigenvalue weighted by Crippen LogP contribution is -2.38. The second-order valence-corrected chi connectivity index (χ2v) is 5.71. The molecule has 1 amide bonds. The van der Waals surface area contributed by atoms with Gasteiger partial charge in [-0.25, -0.2) is 0 Å². The Kier molecular flexibility index (Phi) is 6.28. The quantitative estimate of drug-likeness (QED) is 0.695. The standard InChI is InChI=1S/C14H25NO4/c1-10(2)8-11(3)19-7-6-13(16)15(9-14(17)18)12-4-5-12/h10-12H,4-9H2,1-3H3,(H,17,18). The Morgan fingerprint density at radius 1 is 1.32 bits per heavy atom. The Hall–Kier alpha value is -1.10. The summed E-state index contributed by atoms with van der Waals surface area (Å²) in [6, 6.07) is 0.136. The van der Waals surface area contributed by atoms with Crippen LogP contribution in [-0.2, 0) is 14.3 Å². The van der Waals surface area contributed by atoms with E-state index >= 15 is 0 Å². The molecule has 1 aliphatic rings. The fraction of sp³-hybridized carbons (Fsp3) is 0.857. The molecule has 1 rings (SSSR count). The van der Waals surface area contributed by atoms with Crippen molar-refractivity contribution in [3.8, 4) is 0 Å². The van der Waals surface area contributed by atoms with Gasteiger partial charge in [0, 0.05) is 6.04 Å². The Morgan fingerprint density at radius 2 is 1.95 bits per heavy atom. The topological polar surface area (TPSA) is 66.8 Å². The summed E-state index contributed by atoms with van der Waals surface area (Å²) < 4.78 is 5.58. The van der Waals surface area contributed by atoms with Crippen molar-refractivity contribution >= 4 is 11.9 Å². The Morgan fingerprint density at radius 3 is 2.42 bits per heavy atom. The SMILES string of the molecule is CC(C)CC(C)OCCC(=O)N(CC(=O)O)C1CC1. The van der Waals surface area contributed by atoms with E-state index in [1.54, 1.807) is 0 Å². The smallest absolute Gasteiger partial charge is 0.323 e. The first-order valence-electron chi connectivity index (χ1n) is 7.03. The zero-order valence-electron chi connectivity index (χ0n) is 12.1. The summed E-state index contributed by atoms with van der Waals surface area (Å²) in [6.07, 6.45) is 3.22. The largest absolute Gasteiger partial charge is 0.480 e. The number of aliphatic carboxylic acids is 1. The van der Waals surface area contributed by atoms with Gasteiger partial charge in [-0.1, -0.05) is 13.8 Å². The zero-order chi connectivity index (χ0) is 14.4. The van der Waals surface area contributed by atoms with E-state index < -0.39 is 5.97 Å². The van der Waals surface area contributed by atoms with Crippen LogP contribution in [0.3, 0.4) is 0 Å². The average molecular weight is 271 g/mol. The van der Waals surface area contributed by atoms with E-state index in [0.717, 1.165) is 19.3 Å². The van der Waals surface area contributed by atoms with Gasteiger partial charge < -0.3 is 14.7 Å². The normalized spacial score (nSPS) is 16.4. The van der Waals surface area contributed by atoms with Gasteiger partial charge in [0.05, 0.1) is 19.1 Å². The van der Waals surface area contributed by atoms with Gasteiger partial charge in [0.15, 0.2) is 0 Å². The van der Waals surface area contributed by atoms with E-state index in [1.807, 2.05) is 6.92 Å². The Labute approximate surface area is 114 Å². The van der Waals surface area contributed by atoms with Crippen LogP contribution < -0.4 is 0 Å². The molecule has 0 saturated heterocycles. The van der Waals surface area contributed by atoms with E-state index in [9.17, 15) is 9.59 Å². The maximum atomic E-state index is 11.9. The molecule has 1 N–H and O–H groups in total. The summed E-state index contributed by atoms with van der Waals surface area (Å²) >= 11 is 0. The highest BCUT2D eigenvalue weighted by Gasteiger charge is 2.33. The van der Waals surface area contributed by atoms with Crippen molar-refractivity contribution in [3.05, 3.63) is 0 Å². The fourth-order valence-electron chi connectivity index (χ4n) is 2.18. The lowest BCUT2D eigenvalue weighted by Gasteiger charge is -2.21. The van der Waals surface area contributed by atoms with Crippen LogP contribution in [0, 0.1) is 5.92 Å². The van der Waals surface area contributed by atoms with Gasteiger partial charge in [-0.15, -0.1) is 0 Å². The third kappa shape index (κ3) is 6.57. The first-order chi connectivity index (χ1) is 8.90. The number of nitrogens with zero attached hydrogens (tertiary/aromatic N) is 1. The van der Waals surface area contributed by atoms with Crippen LogP contribution in [0.1, 0.15) is 46.5 Å². The molecule has 0 heterocycles. The minimum atomic E-state index is -0.950. The summed E-state index contributed by atoms with van der Waals surface area (Å²) in [7, 11) is 0. The molecule has 0 radical (unpaired) electrons. The number of amides is 1. The number of hydrogen-bond donors (Lipinski definition) is 1. The molecular weight excluding hydrogens is 246 g/mol. The van der Waals surface area contributed by atoms with Crippen molar-refractivity contribution in [1.82, 2.24) is 4.90 Å². The van der Waals surface area contributed by atoms with Gasteiger partial charge in [0.1, 0.15) is 6.54 Å². The first kappa shape index (κ1) is 16.0. The molecule has 1 fully saturated rings. The maximum Gasteiger partial charge on any atom is 0.323 e. The van der Waals surface area contributed by atoms with Crippen LogP contribution >= 0.6 is 0 Å².